The lowest BCUT2D eigenvalue weighted by atomic mass is 10.0. The van der Waals surface area contributed by atoms with Crippen molar-refractivity contribution in [3.05, 3.63) is 103 Å². The minimum absolute atomic E-state index is 0.162. The largest absolute Gasteiger partial charge is 0.285 e. The zero-order valence-electron chi connectivity index (χ0n) is 64.3. The van der Waals surface area contributed by atoms with E-state index in [9.17, 15) is 20.1 Å². The summed E-state index contributed by atoms with van der Waals surface area (Å²) in [5.74, 6) is -0.596. The van der Waals surface area contributed by atoms with Crippen LogP contribution in [-0.4, -0.2) is 39.8 Å². The first-order valence-electron chi connectivity index (χ1n) is 40.8. The number of amides is 2. The Balaban J connectivity index is 1.22. The van der Waals surface area contributed by atoms with Gasteiger partial charge in [0.05, 0.1) is 0 Å². The number of carbonyl (C=O) groups excluding carboxylic acids is 2. The molecule has 2 amide bonds. The zero-order chi connectivity index (χ0) is 73.1. The average Bonchev–Trinajstić information content (AvgIpc) is 1.69. The van der Waals surface area contributed by atoms with E-state index < -0.39 is 0 Å². The second-order valence-electron chi connectivity index (χ2n) is 28.9. The van der Waals surface area contributed by atoms with Crippen molar-refractivity contribution >= 4 is 121 Å². The maximum atomic E-state index is 14.1. The van der Waals surface area contributed by atoms with Crippen LogP contribution in [0.25, 0.3) is 70.7 Å². The monoisotopic (exact) mass is 1530 g/mol. The molecular formula is C89H122N4O2S8. The molecule has 0 bridgehead atoms. The molecule has 1 saturated heterocycles. The highest BCUT2D eigenvalue weighted by Gasteiger charge is 2.38. The van der Waals surface area contributed by atoms with Crippen molar-refractivity contribution < 1.29 is 9.59 Å². The molecule has 8 rings (SSSR count). The summed E-state index contributed by atoms with van der Waals surface area (Å²) in [6.45, 7) is 18.5. The minimum atomic E-state index is -0.298. The van der Waals surface area contributed by atoms with Gasteiger partial charge in [-0.05, 0) is 197 Å². The molecule has 7 aromatic heterocycles. The highest BCUT2D eigenvalue weighted by Crippen LogP contribution is 2.53. The Bertz CT molecular complexity index is 3830. The molecule has 1 aliphatic heterocycles. The molecule has 6 nitrogen and oxygen atoms in total. The fraction of sp³-hybridized carbons (Fsp3) is 0.584. The third-order valence-corrected chi connectivity index (χ3v) is 30.1. The van der Waals surface area contributed by atoms with Crippen molar-refractivity contribution in [2.24, 2.45) is 0 Å². The summed E-state index contributed by atoms with van der Waals surface area (Å²) in [5.41, 5.74) is 8.96. The highest BCUT2D eigenvalue weighted by molar-refractivity contribution is 7.80. The topological polar surface area (TPSA) is 88.2 Å². The van der Waals surface area contributed by atoms with Crippen molar-refractivity contribution in [3.8, 4) is 70.7 Å². The summed E-state index contributed by atoms with van der Waals surface area (Å²) in [5, 5.41) is 20.1. The number of thiophene rings is 7. The Morgan fingerprint density at radius 3 is 0.883 bits per heavy atom. The number of thiocarbonyl (C=S) groups is 1. The first kappa shape index (κ1) is 84.0. The van der Waals surface area contributed by atoms with Gasteiger partial charge in [-0.1, -0.05) is 234 Å². The Kier molecular flexibility index (Phi) is 38.0. The molecule has 558 valence electrons. The van der Waals surface area contributed by atoms with Gasteiger partial charge in [0.2, 0.25) is 0 Å². The minimum Gasteiger partial charge on any atom is -0.285 e. The van der Waals surface area contributed by atoms with Gasteiger partial charge in [0.25, 0.3) is 11.8 Å². The molecule has 0 radical (unpaired) electrons. The van der Waals surface area contributed by atoms with Gasteiger partial charge >= 0.3 is 0 Å². The Morgan fingerprint density at radius 2 is 0.592 bits per heavy atom. The number of unbranched alkanes of at least 4 members (excludes halogenated alkanes) is 30. The van der Waals surface area contributed by atoms with Crippen LogP contribution in [0, 0.1) is 22.7 Å². The summed E-state index contributed by atoms with van der Waals surface area (Å²) >= 11 is 19.3. The molecule has 103 heavy (non-hydrogen) atoms. The molecule has 14 heteroatoms. The molecule has 0 aliphatic carbocycles. The second-order valence-corrected chi connectivity index (χ2v) is 36.7. The number of nitriles is 2. The molecule has 0 unspecified atom stereocenters. The van der Waals surface area contributed by atoms with Gasteiger partial charge in [-0.15, -0.1) is 79.4 Å². The Hall–Kier alpha value is -4.61. The van der Waals surface area contributed by atoms with E-state index in [-0.39, 0.29) is 23.0 Å². The first-order chi connectivity index (χ1) is 50.4. The fourth-order valence-electron chi connectivity index (χ4n) is 14.5. The standard InChI is InChI=1S/C89H122N4O2S8/c1-9-17-23-29-35-41-47-66-56-72(55-65(63-90)64-91)97-83(66)77-60-70(51-45-39-33-27-21-13-5)85(102-77)79-58-68(49-43-37-31-25-19-11-3)81(100-79)75-53-54-76(99-75)82-69(50-44-38-32-26-20-12-4)59-80(101-82)86-71(52-46-40-34-28-22-14-6)61-78(103-86)84-67(48-42-36-30-24-18-10-2)57-73(98-84)62-74-87(94)92(15-7)89(96)93(16-8)88(74)95/h53-62H,9-52H2,1-8H3. The van der Waals surface area contributed by atoms with Crippen LogP contribution >= 0.6 is 91.6 Å². The summed E-state index contributed by atoms with van der Waals surface area (Å²) < 4.78 is 0. The van der Waals surface area contributed by atoms with Crippen molar-refractivity contribution in [1.29, 1.82) is 10.5 Å². The maximum absolute atomic E-state index is 14.1. The number of likely N-dealkylation sites (N-methyl/N-ethyl adjacent to an activating group) is 2. The predicted molar refractivity (Wildman–Crippen MR) is 461 cm³/mol. The van der Waals surface area contributed by atoms with Crippen molar-refractivity contribution in [1.82, 2.24) is 9.80 Å². The van der Waals surface area contributed by atoms with E-state index in [1.54, 1.807) is 38.5 Å². The average molecular weight is 1540 g/mol. The normalized spacial score (nSPS) is 12.6. The van der Waals surface area contributed by atoms with Gasteiger partial charge in [-0.25, -0.2) is 0 Å². The highest BCUT2D eigenvalue weighted by atomic mass is 32.1. The lowest BCUT2D eigenvalue weighted by molar-refractivity contribution is -0.133. The molecule has 8 heterocycles. The smallest absolute Gasteiger partial charge is 0.265 e. The molecule has 1 aliphatic rings. The quantitative estimate of drug-likeness (QED) is 0.0125. The third kappa shape index (κ3) is 25.0. The van der Waals surface area contributed by atoms with Crippen LogP contribution in [0.4, 0.5) is 0 Å². The molecule has 0 saturated carbocycles. The van der Waals surface area contributed by atoms with Gasteiger partial charge in [-0.3, -0.25) is 19.4 Å². The molecule has 7 aromatic rings. The van der Waals surface area contributed by atoms with Crippen LogP contribution in [-0.2, 0) is 48.1 Å². The number of aryl methyl sites for hydroxylation is 6. The van der Waals surface area contributed by atoms with Gasteiger partial charge in [-0.2, -0.15) is 10.5 Å². The predicted octanol–water partition coefficient (Wildman–Crippen LogP) is 30.3. The number of nitrogens with zero attached hydrogens (tertiary/aromatic N) is 4. The maximum Gasteiger partial charge on any atom is 0.265 e. The van der Waals surface area contributed by atoms with Gasteiger partial charge in [0.1, 0.15) is 23.3 Å². The SMILES string of the molecule is CCCCCCCCc1cc(C=C(C#N)C#N)sc1-c1cc(CCCCCCCC)c(-c2cc(CCCCCCCC)c(-c3ccc(-c4sc(-c5sc(-c6sc(C=C7C(=O)N(CC)C(=S)N(CC)C7=O)cc6CCCCCCCC)cc5CCCCCCCC)cc4CCCCCCCC)s3)s2)s1. The number of allylic oxidation sites excluding steroid dienone is 1. The van der Waals surface area contributed by atoms with Crippen molar-refractivity contribution in [3.63, 3.8) is 0 Å². The van der Waals surface area contributed by atoms with E-state index in [4.69, 9.17) is 12.2 Å². The van der Waals surface area contributed by atoms with Gasteiger partial charge in [0.15, 0.2) is 5.11 Å². The van der Waals surface area contributed by atoms with E-state index in [0.29, 0.717) is 18.2 Å². The van der Waals surface area contributed by atoms with E-state index >= 15 is 0 Å². The van der Waals surface area contributed by atoms with Gasteiger partial charge in [0, 0.05) is 81.4 Å². The van der Waals surface area contributed by atoms with E-state index in [0.717, 1.165) is 61.1 Å². The summed E-state index contributed by atoms with van der Waals surface area (Å²) in [6.07, 6.45) is 55.0. The van der Waals surface area contributed by atoms with E-state index in [2.05, 4.69) is 102 Å². The van der Waals surface area contributed by atoms with Crippen molar-refractivity contribution in [2.75, 3.05) is 13.1 Å². The molecule has 0 aromatic carbocycles. The number of hydrogen-bond donors (Lipinski definition) is 0. The molecular weight excluding hydrogens is 1410 g/mol. The fourth-order valence-corrected chi connectivity index (χ4v) is 23.9. The summed E-state index contributed by atoms with van der Waals surface area (Å²) in [6, 6.07) is 24.1. The van der Waals surface area contributed by atoms with Crippen LogP contribution in [0.2, 0.25) is 0 Å². The summed E-state index contributed by atoms with van der Waals surface area (Å²) in [7, 11) is 0. The van der Waals surface area contributed by atoms with Crippen LogP contribution < -0.4 is 0 Å². The van der Waals surface area contributed by atoms with Gasteiger partial charge < -0.3 is 0 Å². The summed E-state index contributed by atoms with van der Waals surface area (Å²) in [4.78, 5) is 49.8. The second kappa shape index (κ2) is 46.6. The zero-order valence-corrected chi connectivity index (χ0v) is 70.8. The van der Waals surface area contributed by atoms with Crippen LogP contribution in [0.5, 0.6) is 0 Å². The lowest BCUT2D eigenvalue weighted by Crippen LogP contribution is -2.55. The third-order valence-electron chi connectivity index (χ3n) is 20.5. The van der Waals surface area contributed by atoms with Crippen molar-refractivity contribution in [2.45, 2.75) is 325 Å². The first-order valence-corrected chi connectivity index (χ1v) is 46.9. The van der Waals surface area contributed by atoms with E-state index in [1.807, 2.05) is 76.6 Å². The Labute approximate surface area is 656 Å². The molecule has 0 spiro atoms. The molecule has 1 fully saturated rings. The number of hydrogen-bond acceptors (Lipinski definition) is 12. The van der Waals surface area contributed by atoms with Crippen LogP contribution in [0.15, 0.2) is 59.7 Å². The van der Waals surface area contributed by atoms with Crippen LogP contribution in [0.1, 0.15) is 330 Å². The molecule has 0 N–H and O–H groups in total. The van der Waals surface area contributed by atoms with E-state index in [1.165, 1.54) is 310 Å². The number of rotatable bonds is 52. The lowest BCUT2D eigenvalue weighted by Gasteiger charge is -2.35. The van der Waals surface area contributed by atoms with Crippen LogP contribution in [0.3, 0.4) is 0 Å². The Morgan fingerprint density at radius 1 is 0.340 bits per heavy atom. The molecule has 0 atom stereocenters. The number of carbonyl (C=O) groups is 2.